The summed E-state index contributed by atoms with van der Waals surface area (Å²) < 4.78 is 37.8. The molecule has 2 aromatic carbocycles. The molecule has 0 N–H and O–H groups in total. The summed E-state index contributed by atoms with van der Waals surface area (Å²) in [4.78, 5) is 24.3. The predicted molar refractivity (Wildman–Crippen MR) is 199 cm³/mol. The van der Waals surface area contributed by atoms with E-state index in [1.807, 2.05) is 24.3 Å². The molecule has 0 amide bonds. The molecule has 4 fully saturated rings. The lowest BCUT2D eigenvalue weighted by molar-refractivity contribution is -0.240. The van der Waals surface area contributed by atoms with Gasteiger partial charge in [0.05, 0.1) is 24.3 Å². The average Bonchev–Trinajstić information content (AvgIpc) is 3.66. The van der Waals surface area contributed by atoms with Crippen LogP contribution in [0, 0.1) is 35.5 Å². The van der Waals surface area contributed by atoms with Crippen molar-refractivity contribution in [2.24, 2.45) is 35.5 Å². The summed E-state index contributed by atoms with van der Waals surface area (Å²) in [6.07, 6.45) is 6.17. The molecule has 50 heavy (non-hydrogen) atoms. The second-order valence-corrected chi connectivity index (χ2v) is 17.2. The summed E-state index contributed by atoms with van der Waals surface area (Å²) in [6, 6.07) is 14.3. The predicted octanol–water partition coefficient (Wildman–Crippen LogP) is 9.62. The van der Waals surface area contributed by atoms with Gasteiger partial charge in [-0.25, -0.2) is 9.59 Å². The van der Waals surface area contributed by atoms with Gasteiger partial charge in [0.2, 0.25) is 0 Å². The second-order valence-electron chi connectivity index (χ2n) is 15.4. The van der Waals surface area contributed by atoms with Crippen molar-refractivity contribution in [3.05, 3.63) is 68.6 Å². The molecule has 2 heterocycles. The van der Waals surface area contributed by atoms with Gasteiger partial charge in [-0.15, -0.1) is 0 Å². The van der Waals surface area contributed by atoms with E-state index in [4.69, 9.17) is 28.4 Å². The molecule has 6 rings (SSSR count). The van der Waals surface area contributed by atoms with E-state index < -0.39 is 11.6 Å². The Bertz CT molecular complexity index is 1310. The molecule has 2 aliphatic carbocycles. The highest BCUT2D eigenvalue weighted by Crippen LogP contribution is 2.48. The number of rotatable bonds is 8. The molecule has 2 saturated carbocycles. The standard InChI is InChI=1S/2C20H27BrO4/c2*1-13(2)18-9-4-14(3)10-20(18)24-12-17(25-20)11-23-19(22)15-5-7-16(21)8-6-15/h2*5-8,13-14,17-18H,4,9-12H2,1-3H3/t2*14-,17+,18+,20-/m11/s1. The van der Waals surface area contributed by atoms with Crippen LogP contribution in [0.3, 0.4) is 0 Å². The van der Waals surface area contributed by atoms with Gasteiger partial charge in [0.15, 0.2) is 11.6 Å². The van der Waals surface area contributed by atoms with Crippen LogP contribution in [0.5, 0.6) is 0 Å². The van der Waals surface area contributed by atoms with Crippen LogP contribution >= 0.6 is 31.9 Å². The number of carbonyl (C=O) groups is 2. The van der Waals surface area contributed by atoms with Crippen molar-refractivity contribution in [1.82, 2.24) is 0 Å². The highest BCUT2D eigenvalue weighted by atomic mass is 79.9. The molecule has 0 bridgehead atoms. The van der Waals surface area contributed by atoms with Gasteiger partial charge < -0.3 is 28.4 Å². The Morgan fingerprint density at radius 1 is 0.660 bits per heavy atom. The summed E-state index contributed by atoms with van der Waals surface area (Å²) in [6.45, 7) is 14.9. The van der Waals surface area contributed by atoms with Crippen LogP contribution in [0.1, 0.15) is 101 Å². The average molecular weight is 823 g/mol. The van der Waals surface area contributed by atoms with E-state index in [1.54, 1.807) is 24.3 Å². The smallest absolute Gasteiger partial charge is 0.338 e. The van der Waals surface area contributed by atoms with Crippen molar-refractivity contribution < 1.29 is 38.0 Å². The first-order valence-corrected chi connectivity index (χ1v) is 19.9. The van der Waals surface area contributed by atoms with Gasteiger partial charge in [-0.1, -0.05) is 86.2 Å². The number of hydrogen-bond donors (Lipinski definition) is 0. The zero-order chi connectivity index (χ0) is 36.1. The summed E-state index contributed by atoms with van der Waals surface area (Å²) in [7, 11) is 0. The molecule has 8 atom stereocenters. The van der Waals surface area contributed by atoms with E-state index in [9.17, 15) is 9.59 Å². The first-order valence-electron chi connectivity index (χ1n) is 18.3. The molecule has 0 aromatic heterocycles. The summed E-state index contributed by atoms with van der Waals surface area (Å²) in [5.41, 5.74) is 1.09. The van der Waals surface area contributed by atoms with Crippen molar-refractivity contribution in [3.8, 4) is 0 Å². The second kappa shape index (κ2) is 17.3. The lowest BCUT2D eigenvalue weighted by Gasteiger charge is -2.44. The molecular weight excluding hydrogens is 768 g/mol. The van der Waals surface area contributed by atoms with Crippen LogP contribution in [-0.2, 0) is 28.4 Å². The molecule has 0 unspecified atom stereocenters. The van der Waals surface area contributed by atoms with Crippen LogP contribution in [0.25, 0.3) is 0 Å². The fourth-order valence-electron chi connectivity index (χ4n) is 8.14. The highest BCUT2D eigenvalue weighted by molar-refractivity contribution is 9.10. The van der Waals surface area contributed by atoms with Crippen molar-refractivity contribution >= 4 is 43.8 Å². The van der Waals surface area contributed by atoms with Crippen molar-refractivity contribution in [3.63, 3.8) is 0 Å². The van der Waals surface area contributed by atoms with E-state index in [0.29, 0.717) is 59.8 Å². The van der Waals surface area contributed by atoms with Gasteiger partial charge in [-0.2, -0.15) is 0 Å². The fourth-order valence-corrected chi connectivity index (χ4v) is 8.67. The van der Waals surface area contributed by atoms with Crippen molar-refractivity contribution in [2.75, 3.05) is 26.4 Å². The van der Waals surface area contributed by atoms with Gasteiger partial charge in [0.25, 0.3) is 0 Å². The zero-order valence-corrected chi connectivity index (χ0v) is 33.5. The van der Waals surface area contributed by atoms with Gasteiger partial charge in [-0.3, -0.25) is 0 Å². The number of carbonyl (C=O) groups excluding carboxylic acids is 2. The molecule has 2 saturated heterocycles. The molecule has 2 aromatic rings. The summed E-state index contributed by atoms with van der Waals surface area (Å²) in [5.74, 6) is 1.36. The lowest BCUT2D eigenvalue weighted by Crippen LogP contribution is -2.47. The Hall–Kier alpha value is -1.82. The highest BCUT2D eigenvalue weighted by Gasteiger charge is 2.53. The van der Waals surface area contributed by atoms with Gasteiger partial charge in [0.1, 0.15) is 25.4 Å². The van der Waals surface area contributed by atoms with E-state index >= 15 is 0 Å². The Morgan fingerprint density at radius 2 is 1.02 bits per heavy atom. The SMILES string of the molecule is CC(C)[C@@H]1CC[C@@H](C)C[C@]12OC[C@H](COC(=O)c1ccc(Br)cc1)O2.CC(C)[C@@H]1CC[C@@H](C)C[C@]12OC[C@H](COC(=O)c1ccc(Br)cc1)O2. The van der Waals surface area contributed by atoms with Crippen LogP contribution < -0.4 is 0 Å². The first-order chi connectivity index (χ1) is 23.8. The number of esters is 2. The Morgan fingerprint density at radius 3 is 1.36 bits per heavy atom. The maximum Gasteiger partial charge on any atom is 0.338 e. The minimum Gasteiger partial charge on any atom is -0.459 e. The largest absolute Gasteiger partial charge is 0.459 e. The zero-order valence-electron chi connectivity index (χ0n) is 30.3. The Kier molecular flexibility index (Phi) is 13.7. The van der Waals surface area contributed by atoms with Crippen molar-refractivity contribution in [2.45, 2.75) is 104 Å². The van der Waals surface area contributed by atoms with Gasteiger partial charge in [-0.05, 0) is 85.0 Å². The van der Waals surface area contributed by atoms with Crippen LogP contribution in [0.2, 0.25) is 0 Å². The molecule has 10 heteroatoms. The lowest BCUT2D eigenvalue weighted by atomic mass is 9.73. The maximum atomic E-state index is 12.2. The van der Waals surface area contributed by atoms with E-state index in [1.165, 1.54) is 12.8 Å². The molecule has 0 radical (unpaired) electrons. The monoisotopic (exact) mass is 820 g/mol. The normalized spacial score (nSPS) is 32.3. The van der Waals surface area contributed by atoms with E-state index in [2.05, 4.69) is 73.4 Å². The van der Waals surface area contributed by atoms with Crippen LogP contribution in [0.4, 0.5) is 0 Å². The third kappa shape index (κ3) is 9.78. The molecule has 276 valence electrons. The Balaban J connectivity index is 0.000000194. The minimum atomic E-state index is -0.499. The fraction of sp³-hybridized carbons (Fsp3) is 0.650. The molecule has 8 nitrogen and oxygen atoms in total. The summed E-state index contributed by atoms with van der Waals surface area (Å²) >= 11 is 6.72. The maximum absolute atomic E-state index is 12.2. The van der Waals surface area contributed by atoms with E-state index in [-0.39, 0.29) is 37.4 Å². The third-order valence-corrected chi connectivity index (χ3v) is 11.7. The molecule has 2 aliphatic heterocycles. The number of benzene rings is 2. The van der Waals surface area contributed by atoms with Crippen LogP contribution in [0.15, 0.2) is 57.5 Å². The first kappa shape index (κ1) is 39.4. The number of ether oxygens (including phenoxy) is 6. The minimum absolute atomic E-state index is 0.189. The quantitative estimate of drug-likeness (QED) is 0.244. The van der Waals surface area contributed by atoms with Gasteiger partial charge >= 0.3 is 11.9 Å². The molecule has 2 spiro atoms. The topological polar surface area (TPSA) is 89.5 Å². The molecule has 4 aliphatic rings. The number of halogens is 2. The van der Waals surface area contributed by atoms with Gasteiger partial charge in [0, 0.05) is 33.6 Å². The molecular formula is C40H54Br2O8. The van der Waals surface area contributed by atoms with Crippen molar-refractivity contribution in [1.29, 1.82) is 0 Å². The van der Waals surface area contributed by atoms with Crippen LogP contribution in [-0.4, -0.2) is 62.1 Å². The van der Waals surface area contributed by atoms with E-state index in [0.717, 1.165) is 34.6 Å². The third-order valence-electron chi connectivity index (χ3n) is 10.7. The summed E-state index contributed by atoms with van der Waals surface area (Å²) in [5, 5.41) is 0. The Labute approximate surface area is 314 Å². The number of hydrogen-bond acceptors (Lipinski definition) is 8.